The van der Waals surface area contributed by atoms with Gasteiger partial charge in [-0.15, -0.1) is 12.3 Å². The summed E-state index contributed by atoms with van der Waals surface area (Å²) in [5.74, 6) is 2.61. The van der Waals surface area contributed by atoms with Crippen LogP contribution < -0.4 is 4.90 Å². The molecule has 2 aromatic carbocycles. The number of para-hydroxylation sites is 2. The van der Waals surface area contributed by atoms with Gasteiger partial charge in [-0.3, -0.25) is 0 Å². The molecule has 0 radical (unpaired) electrons. The third kappa shape index (κ3) is 3.19. The number of anilines is 2. The maximum absolute atomic E-state index is 9.49. The monoisotopic (exact) mass is 260 g/mol. The van der Waals surface area contributed by atoms with Crippen LogP contribution in [0.3, 0.4) is 0 Å². The third-order valence-electron chi connectivity index (χ3n) is 3.09. The van der Waals surface area contributed by atoms with Crippen molar-refractivity contribution in [2.24, 2.45) is 0 Å². The van der Waals surface area contributed by atoms with E-state index in [2.05, 4.69) is 12.0 Å². The minimum Gasteiger partial charge on any atom is -0.325 e. The Bertz CT molecular complexity index is 566. The van der Waals surface area contributed by atoms with E-state index in [9.17, 15) is 5.26 Å². The Balaban J connectivity index is 2.40. The number of nitrogens with zero attached hydrogens (tertiary/aromatic N) is 2. The predicted molar refractivity (Wildman–Crippen MR) is 82.5 cm³/mol. The van der Waals surface area contributed by atoms with Crippen molar-refractivity contribution in [2.75, 3.05) is 4.90 Å². The highest BCUT2D eigenvalue weighted by Crippen LogP contribution is 2.28. The lowest BCUT2D eigenvalue weighted by molar-refractivity contribution is 0.728. The molecule has 0 aliphatic rings. The zero-order valence-electron chi connectivity index (χ0n) is 11.2. The van der Waals surface area contributed by atoms with Crippen LogP contribution in [0.2, 0.25) is 0 Å². The zero-order valence-corrected chi connectivity index (χ0v) is 11.2. The first-order valence-electron chi connectivity index (χ1n) is 6.59. The first-order valence-corrected chi connectivity index (χ1v) is 6.59. The second-order valence-corrected chi connectivity index (χ2v) is 4.43. The lowest BCUT2D eigenvalue weighted by Crippen LogP contribution is -2.29. The van der Waals surface area contributed by atoms with Gasteiger partial charge in [-0.2, -0.15) is 5.26 Å². The summed E-state index contributed by atoms with van der Waals surface area (Å²) in [5.41, 5.74) is 2.00. The average molecular weight is 260 g/mol. The van der Waals surface area contributed by atoms with Crippen LogP contribution in [0, 0.1) is 23.7 Å². The Morgan fingerprint density at radius 1 is 0.950 bits per heavy atom. The van der Waals surface area contributed by atoms with Gasteiger partial charge in [0.2, 0.25) is 0 Å². The molecule has 0 bridgehead atoms. The Labute approximate surface area is 120 Å². The Morgan fingerprint density at radius 3 is 1.85 bits per heavy atom. The number of nitriles is 1. The van der Waals surface area contributed by atoms with Crippen molar-refractivity contribution < 1.29 is 0 Å². The normalized spacial score (nSPS) is 11.1. The fourth-order valence-electron chi connectivity index (χ4n) is 2.16. The third-order valence-corrected chi connectivity index (χ3v) is 3.09. The summed E-state index contributed by atoms with van der Waals surface area (Å²) in [4.78, 5) is 2.04. The molecule has 98 valence electrons. The second-order valence-electron chi connectivity index (χ2n) is 4.43. The molecular weight excluding hydrogens is 244 g/mol. The minimum absolute atomic E-state index is 0.268. The van der Waals surface area contributed by atoms with Crippen molar-refractivity contribution in [3.05, 3.63) is 60.7 Å². The standard InChI is InChI=1S/C18H16N2/c1-2-3-10-18(15-19)20(16-11-6-4-7-12-16)17-13-8-5-9-14-17/h1,4-9,11-14,18H,3,10H2. The molecule has 0 N–H and O–H groups in total. The van der Waals surface area contributed by atoms with Crippen LogP contribution in [-0.2, 0) is 0 Å². The first-order chi connectivity index (χ1) is 9.86. The van der Waals surface area contributed by atoms with Crippen LogP contribution in [0.15, 0.2) is 60.7 Å². The van der Waals surface area contributed by atoms with Crippen molar-refractivity contribution in [3.8, 4) is 18.4 Å². The fourth-order valence-corrected chi connectivity index (χ4v) is 2.16. The van der Waals surface area contributed by atoms with E-state index in [1.54, 1.807) is 0 Å². The van der Waals surface area contributed by atoms with E-state index in [1.807, 2.05) is 65.6 Å². The number of terminal acetylenes is 1. The van der Waals surface area contributed by atoms with E-state index in [4.69, 9.17) is 6.42 Å². The van der Waals surface area contributed by atoms with Crippen LogP contribution >= 0.6 is 0 Å². The minimum atomic E-state index is -0.268. The van der Waals surface area contributed by atoms with E-state index in [0.29, 0.717) is 12.8 Å². The van der Waals surface area contributed by atoms with Crippen LogP contribution in [0.5, 0.6) is 0 Å². The summed E-state index contributed by atoms with van der Waals surface area (Å²) in [7, 11) is 0. The molecule has 2 heteroatoms. The van der Waals surface area contributed by atoms with Crippen molar-refractivity contribution in [2.45, 2.75) is 18.9 Å². The second kappa shape index (κ2) is 7.02. The summed E-state index contributed by atoms with van der Waals surface area (Å²) in [6.07, 6.45) is 6.57. The Morgan fingerprint density at radius 2 is 1.45 bits per heavy atom. The molecule has 0 aromatic heterocycles. The van der Waals surface area contributed by atoms with Crippen molar-refractivity contribution >= 4 is 11.4 Å². The summed E-state index contributed by atoms with van der Waals surface area (Å²) in [6, 6.07) is 22.0. The quantitative estimate of drug-likeness (QED) is 0.756. The number of hydrogen-bond acceptors (Lipinski definition) is 2. The Kier molecular flexibility index (Phi) is 4.81. The van der Waals surface area contributed by atoms with Gasteiger partial charge in [0.15, 0.2) is 0 Å². The van der Waals surface area contributed by atoms with Gasteiger partial charge in [0.05, 0.1) is 6.07 Å². The molecule has 2 nitrogen and oxygen atoms in total. The summed E-state index contributed by atoms with van der Waals surface area (Å²) >= 11 is 0. The number of benzene rings is 2. The van der Waals surface area contributed by atoms with E-state index in [0.717, 1.165) is 11.4 Å². The molecule has 1 unspecified atom stereocenters. The fraction of sp³-hybridized carbons (Fsp3) is 0.167. The maximum Gasteiger partial charge on any atom is 0.122 e. The van der Waals surface area contributed by atoms with Crippen molar-refractivity contribution in [3.63, 3.8) is 0 Å². The van der Waals surface area contributed by atoms with E-state index in [-0.39, 0.29) is 6.04 Å². The van der Waals surface area contributed by atoms with Crippen LogP contribution in [-0.4, -0.2) is 6.04 Å². The zero-order chi connectivity index (χ0) is 14.2. The molecule has 0 amide bonds. The SMILES string of the molecule is C#CCCC(C#N)N(c1ccccc1)c1ccccc1. The highest BCUT2D eigenvalue weighted by molar-refractivity contribution is 5.65. The summed E-state index contributed by atoms with van der Waals surface area (Å²) in [5, 5.41) is 9.49. The van der Waals surface area contributed by atoms with Gasteiger partial charge < -0.3 is 4.90 Å². The van der Waals surface area contributed by atoms with Crippen LogP contribution in [0.25, 0.3) is 0 Å². The van der Waals surface area contributed by atoms with E-state index >= 15 is 0 Å². The molecule has 0 aliphatic heterocycles. The smallest absolute Gasteiger partial charge is 0.122 e. The van der Waals surface area contributed by atoms with E-state index < -0.39 is 0 Å². The maximum atomic E-state index is 9.49. The molecule has 0 saturated heterocycles. The summed E-state index contributed by atoms with van der Waals surface area (Å²) < 4.78 is 0. The van der Waals surface area contributed by atoms with Gasteiger partial charge in [-0.25, -0.2) is 0 Å². The van der Waals surface area contributed by atoms with Gasteiger partial charge >= 0.3 is 0 Å². The highest BCUT2D eigenvalue weighted by atomic mass is 15.2. The lowest BCUT2D eigenvalue weighted by atomic mass is 10.1. The Hall–Kier alpha value is -2.71. The summed E-state index contributed by atoms with van der Waals surface area (Å²) in [6.45, 7) is 0. The van der Waals surface area contributed by atoms with Gasteiger partial charge in [-0.1, -0.05) is 36.4 Å². The predicted octanol–water partition coefficient (Wildman–Crippen LogP) is 4.13. The molecule has 0 spiro atoms. The van der Waals surface area contributed by atoms with E-state index in [1.165, 1.54) is 0 Å². The molecule has 20 heavy (non-hydrogen) atoms. The molecular formula is C18H16N2. The molecule has 2 aromatic rings. The first kappa shape index (κ1) is 13.7. The molecule has 0 heterocycles. The lowest BCUT2D eigenvalue weighted by Gasteiger charge is -2.29. The van der Waals surface area contributed by atoms with Crippen molar-refractivity contribution in [1.82, 2.24) is 0 Å². The molecule has 0 saturated carbocycles. The molecule has 2 rings (SSSR count). The molecule has 1 atom stereocenters. The largest absolute Gasteiger partial charge is 0.325 e. The van der Waals surface area contributed by atoms with Gasteiger partial charge in [0.1, 0.15) is 6.04 Å². The van der Waals surface area contributed by atoms with Gasteiger partial charge in [0, 0.05) is 17.8 Å². The number of rotatable bonds is 5. The molecule has 0 aliphatic carbocycles. The topological polar surface area (TPSA) is 27.0 Å². The number of hydrogen-bond donors (Lipinski definition) is 0. The van der Waals surface area contributed by atoms with Crippen molar-refractivity contribution in [1.29, 1.82) is 5.26 Å². The molecule has 0 fully saturated rings. The van der Waals surface area contributed by atoms with Crippen LogP contribution in [0.1, 0.15) is 12.8 Å². The van der Waals surface area contributed by atoms with Crippen LogP contribution in [0.4, 0.5) is 11.4 Å². The van der Waals surface area contributed by atoms with Gasteiger partial charge in [-0.05, 0) is 30.7 Å². The highest BCUT2D eigenvalue weighted by Gasteiger charge is 2.19. The average Bonchev–Trinajstić information content (AvgIpc) is 2.53. The van der Waals surface area contributed by atoms with Gasteiger partial charge in [0.25, 0.3) is 0 Å².